The van der Waals surface area contributed by atoms with Crippen molar-refractivity contribution in [3.8, 4) is 17.2 Å². The Hall–Kier alpha value is -4.14. The second-order valence-electron chi connectivity index (χ2n) is 8.51. The Morgan fingerprint density at radius 1 is 1.05 bits per heavy atom. The molecule has 1 aliphatic heterocycles. The summed E-state index contributed by atoms with van der Waals surface area (Å²) < 4.78 is 12.8. The van der Waals surface area contributed by atoms with Gasteiger partial charge >= 0.3 is 0 Å². The molecule has 1 amide bonds. The lowest BCUT2D eigenvalue weighted by Gasteiger charge is -2.15. The molecule has 0 aliphatic carbocycles. The van der Waals surface area contributed by atoms with Crippen LogP contribution in [0.1, 0.15) is 23.2 Å². The summed E-state index contributed by atoms with van der Waals surface area (Å²) in [5.74, 6) is 0.624. The van der Waals surface area contributed by atoms with E-state index in [-0.39, 0.29) is 23.4 Å². The average Bonchev–Trinajstić information content (AvgIpc) is 3.45. The predicted octanol–water partition coefficient (Wildman–Crippen LogP) is 5.33. The highest BCUT2D eigenvalue weighted by Gasteiger charge is 2.18. The third kappa shape index (κ3) is 5.82. The van der Waals surface area contributed by atoms with Crippen LogP contribution in [0.4, 0.5) is 11.4 Å². The number of anilines is 2. The number of carbonyl (C=O) groups excluding carboxylic acids is 1. The van der Waals surface area contributed by atoms with Crippen LogP contribution < -0.4 is 20.9 Å². The Morgan fingerprint density at radius 3 is 2.54 bits per heavy atom. The number of nitrogens with one attached hydrogen (secondary N) is 2. The number of ether oxygens (including phenoxy) is 2. The van der Waals surface area contributed by atoms with Gasteiger partial charge < -0.3 is 20.1 Å². The van der Waals surface area contributed by atoms with Gasteiger partial charge in [-0.15, -0.1) is 0 Å². The molecule has 2 heterocycles. The van der Waals surface area contributed by atoms with E-state index >= 15 is 0 Å². The Morgan fingerprint density at radius 2 is 1.81 bits per heavy atom. The fourth-order valence-corrected chi connectivity index (χ4v) is 4.22. The van der Waals surface area contributed by atoms with Crippen LogP contribution >= 0.6 is 11.6 Å². The average molecular weight is 517 g/mol. The number of rotatable bonds is 8. The van der Waals surface area contributed by atoms with Crippen molar-refractivity contribution < 1.29 is 14.3 Å². The number of halogens is 1. The summed E-state index contributed by atoms with van der Waals surface area (Å²) in [6, 6.07) is 22.9. The molecule has 1 unspecified atom stereocenters. The van der Waals surface area contributed by atoms with Crippen LogP contribution in [-0.4, -0.2) is 34.9 Å². The standard InChI is InChI=1S/C28H25ClN4O4/c29-23-10-4-5-11-24(23)33-28(35)26(25(18-31-33)37-21-7-2-1-3-8-21)32-20-14-12-19(13-15-20)27(34)30-17-22-9-6-16-36-22/h1-5,7-8,10-15,18,22,32H,6,9,16-17H2,(H,30,34). The van der Waals surface area contributed by atoms with E-state index in [2.05, 4.69) is 15.7 Å². The number of aromatic nitrogens is 2. The van der Waals surface area contributed by atoms with Gasteiger partial charge in [-0.05, 0) is 61.4 Å². The van der Waals surface area contributed by atoms with Crippen molar-refractivity contribution in [3.63, 3.8) is 0 Å². The number of hydrogen-bond acceptors (Lipinski definition) is 6. The Kier molecular flexibility index (Phi) is 7.49. The molecule has 0 bridgehead atoms. The van der Waals surface area contributed by atoms with E-state index in [0.29, 0.717) is 34.3 Å². The van der Waals surface area contributed by atoms with Crippen molar-refractivity contribution in [1.82, 2.24) is 15.1 Å². The van der Waals surface area contributed by atoms with Crippen LogP contribution in [0.25, 0.3) is 5.69 Å². The van der Waals surface area contributed by atoms with Crippen LogP contribution in [0.5, 0.6) is 11.5 Å². The Bertz CT molecular complexity index is 1440. The quantitative estimate of drug-likeness (QED) is 0.329. The number of para-hydroxylation sites is 2. The second-order valence-corrected chi connectivity index (χ2v) is 8.92. The van der Waals surface area contributed by atoms with Crippen molar-refractivity contribution in [3.05, 3.63) is 106 Å². The van der Waals surface area contributed by atoms with Crippen LogP contribution in [0.15, 0.2) is 89.9 Å². The van der Waals surface area contributed by atoms with Crippen molar-refractivity contribution in [2.45, 2.75) is 18.9 Å². The van der Waals surface area contributed by atoms with Crippen molar-refractivity contribution >= 4 is 28.9 Å². The van der Waals surface area contributed by atoms with E-state index in [1.54, 1.807) is 60.7 Å². The number of carbonyl (C=O) groups is 1. The molecule has 1 saturated heterocycles. The van der Waals surface area contributed by atoms with Gasteiger partial charge in [0.15, 0.2) is 11.4 Å². The van der Waals surface area contributed by atoms with Gasteiger partial charge in [0.2, 0.25) is 0 Å². The fourth-order valence-electron chi connectivity index (χ4n) is 4.00. The minimum atomic E-state index is -0.445. The number of benzene rings is 3. The zero-order valence-corrected chi connectivity index (χ0v) is 20.6. The summed E-state index contributed by atoms with van der Waals surface area (Å²) in [5, 5.41) is 10.7. The second kappa shape index (κ2) is 11.3. The third-order valence-corrected chi connectivity index (χ3v) is 6.25. The summed E-state index contributed by atoms with van der Waals surface area (Å²) in [4.78, 5) is 26.1. The number of amides is 1. The predicted molar refractivity (Wildman–Crippen MR) is 142 cm³/mol. The molecule has 3 aromatic carbocycles. The zero-order valence-electron chi connectivity index (χ0n) is 19.9. The Balaban J connectivity index is 1.41. The first-order valence-corrected chi connectivity index (χ1v) is 12.3. The van der Waals surface area contributed by atoms with Crippen molar-refractivity contribution in [2.24, 2.45) is 0 Å². The lowest BCUT2D eigenvalue weighted by molar-refractivity contribution is 0.0858. The van der Waals surface area contributed by atoms with Crippen LogP contribution in [-0.2, 0) is 4.74 Å². The molecule has 5 rings (SSSR count). The molecule has 0 spiro atoms. The van der Waals surface area contributed by atoms with Gasteiger partial charge in [0.25, 0.3) is 11.5 Å². The molecule has 1 aromatic heterocycles. The van der Waals surface area contributed by atoms with Crippen LogP contribution in [0.2, 0.25) is 5.02 Å². The molecule has 1 atom stereocenters. The van der Waals surface area contributed by atoms with Crippen LogP contribution in [0.3, 0.4) is 0 Å². The first kappa shape index (κ1) is 24.5. The minimum Gasteiger partial charge on any atom is -0.453 e. The highest BCUT2D eigenvalue weighted by Crippen LogP contribution is 2.29. The van der Waals surface area contributed by atoms with Crippen molar-refractivity contribution in [2.75, 3.05) is 18.5 Å². The highest BCUT2D eigenvalue weighted by atomic mass is 35.5. The lowest BCUT2D eigenvalue weighted by Crippen LogP contribution is -2.31. The maximum Gasteiger partial charge on any atom is 0.299 e. The SMILES string of the molecule is O=C(NCC1CCCO1)c1ccc(Nc2c(Oc3ccccc3)cnn(-c3ccccc3Cl)c2=O)cc1. The van der Waals surface area contributed by atoms with Crippen LogP contribution in [0, 0.1) is 0 Å². The normalized spacial score (nSPS) is 14.8. The minimum absolute atomic E-state index is 0.0694. The van der Waals surface area contributed by atoms with E-state index in [0.717, 1.165) is 19.4 Å². The molecule has 9 heteroatoms. The Labute approximate surface area is 218 Å². The fraction of sp³-hybridized carbons (Fsp3) is 0.179. The molecule has 0 radical (unpaired) electrons. The van der Waals surface area contributed by atoms with Gasteiger partial charge in [-0.3, -0.25) is 9.59 Å². The van der Waals surface area contributed by atoms with Gasteiger partial charge in [-0.1, -0.05) is 41.9 Å². The zero-order chi connectivity index (χ0) is 25.6. The summed E-state index contributed by atoms with van der Waals surface area (Å²) in [6.45, 7) is 1.22. The first-order chi connectivity index (χ1) is 18.1. The molecule has 0 saturated carbocycles. The van der Waals surface area contributed by atoms with Gasteiger partial charge in [-0.2, -0.15) is 9.78 Å². The molecule has 8 nitrogen and oxygen atoms in total. The molecular weight excluding hydrogens is 492 g/mol. The van der Waals surface area contributed by atoms with E-state index in [9.17, 15) is 9.59 Å². The lowest BCUT2D eigenvalue weighted by atomic mass is 10.1. The molecule has 2 N–H and O–H groups in total. The van der Waals surface area contributed by atoms with Gasteiger partial charge in [0, 0.05) is 24.4 Å². The smallest absolute Gasteiger partial charge is 0.299 e. The number of nitrogens with zero attached hydrogens (tertiary/aromatic N) is 2. The summed E-state index contributed by atoms with van der Waals surface area (Å²) in [5.41, 5.74) is 1.28. The topological polar surface area (TPSA) is 94.5 Å². The molecule has 188 valence electrons. The van der Waals surface area contributed by atoms with Gasteiger partial charge in [-0.25, -0.2) is 0 Å². The first-order valence-electron chi connectivity index (χ1n) is 12.0. The highest BCUT2D eigenvalue weighted by molar-refractivity contribution is 6.32. The molecular formula is C28H25ClN4O4. The largest absolute Gasteiger partial charge is 0.453 e. The van der Waals surface area contributed by atoms with E-state index < -0.39 is 5.56 Å². The van der Waals surface area contributed by atoms with Gasteiger partial charge in [0.1, 0.15) is 5.75 Å². The van der Waals surface area contributed by atoms with Gasteiger partial charge in [0.05, 0.1) is 23.0 Å². The molecule has 1 fully saturated rings. The van der Waals surface area contributed by atoms with E-state index in [1.807, 2.05) is 18.2 Å². The molecule has 1 aliphatic rings. The summed E-state index contributed by atoms with van der Waals surface area (Å²) in [6.07, 6.45) is 3.51. The number of hydrogen-bond donors (Lipinski definition) is 2. The maximum absolute atomic E-state index is 13.5. The summed E-state index contributed by atoms with van der Waals surface area (Å²) in [7, 11) is 0. The summed E-state index contributed by atoms with van der Waals surface area (Å²) >= 11 is 6.33. The maximum atomic E-state index is 13.5. The van der Waals surface area contributed by atoms with E-state index in [4.69, 9.17) is 21.1 Å². The van der Waals surface area contributed by atoms with Crippen molar-refractivity contribution in [1.29, 1.82) is 0 Å². The molecule has 37 heavy (non-hydrogen) atoms. The van der Waals surface area contributed by atoms with E-state index in [1.165, 1.54) is 10.9 Å². The third-order valence-electron chi connectivity index (χ3n) is 5.93. The monoisotopic (exact) mass is 516 g/mol. The molecule has 4 aromatic rings.